The summed E-state index contributed by atoms with van der Waals surface area (Å²) in [6, 6.07) is 7.42. The van der Waals surface area contributed by atoms with E-state index < -0.39 is 0 Å². The van der Waals surface area contributed by atoms with Crippen LogP contribution in [0.3, 0.4) is 0 Å². The number of pyridine rings is 1. The molecule has 6 nitrogen and oxygen atoms in total. The highest BCUT2D eigenvalue weighted by atomic mass is 79.9. The van der Waals surface area contributed by atoms with E-state index in [1.54, 1.807) is 6.20 Å². The number of hydrogen-bond acceptors (Lipinski definition) is 6. The van der Waals surface area contributed by atoms with E-state index in [0.29, 0.717) is 21.1 Å². The van der Waals surface area contributed by atoms with Crippen LogP contribution in [0, 0.1) is 0 Å². The van der Waals surface area contributed by atoms with Gasteiger partial charge in [-0.3, -0.25) is 4.98 Å². The Kier molecular flexibility index (Phi) is 3.87. The standard InChI is InChI=1S/C13H10BrClN6/c14-10-12(18-6-19-13(10)21-16)20-9-4-3-8(15)7-2-1-5-17-11(7)9/h1-6H,16H2,(H2,18,19,20,21). The average Bonchev–Trinajstić information content (AvgIpc) is 2.52. The Morgan fingerprint density at radius 1 is 1.10 bits per heavy atom. The number of halogens is 2. The smallest absolute Gasteiger partial charge is 0.159 e. The summed E-state index contributed by atoms with van der Waals surface area (Å²) in [4.78, 5) is 12.6. The molecule has 2 aromatic heterocycles. The topological polar surface area (TPSA) is 88.8 Å². The molecule has 0 bridgehead atoms. The Morgan fingerprint density at radius 3 is 2.71 bits per heavy atom. The van der Waals surface area contributed by atoms with Gasteiger partial charge in [-0.05, 0) is 40.2 Å². The fourth-order valence-electron chi connectivity index (χ4n) is 1.92. The van der Waals surface area contributed by atoms with Crippen molar-refractivity contribution in [3.05, 3.63) is 46.3 Å². The fraction of sp³-hybridized carbons (Fsp3) is 0. The van der Waals surface area contributed by atoms with Gasteiger partial charge in [-0.15, -0.1) is 0 Å². The molecular weight excluding hydrogens is 356 g/mol. The third-order valence-electron chi connectivity index (χ3n) is 2.90. The van der Waals surface area contributed by atoms with Crippen LogP contribution in [0.15, 0.2) is 41.3 Å². The molecule has 0 radical (unpaired) electrons. The van der Waals surface area contributed by atoms with Gasteiger partial charge in [-0.1, -0.05) is 11.6 Å². The minimum absolute atomic E-state index is 0.485. The van der Waals surface area contributed by atoms with Crippen LogP contribution in [0.2, 0.25) is 5.02 Å². The van der Waals surface area contributed by atoms with Gasteiger partial charge >= 0.3 is 0 Å². The Morgan fingerprint density at radius 2 is 1.90 bits per heavy atom. The van der Waals surface area contributed by atoms with Gasteiger partial charge in [-0.2, -0.15) is 0 Å². The largest absolute Gasteiger partial charge is 0.337 e. The van der Waals surface area contributed by atoms with Crippen molar-refractivity contribution in [3.63, 3.8) is 0 Å². The second-order valence-corrected chi connectivity index (χ2v) is 5.35. The molecule has 0 aliphatic carbocycles. The lowest BCUT2D eigenvalue weighted by Gasteiger charge is -2.12. The molecule has 8 heteroatoms. The van der Waals surface area contributed by atoms with Crippen molar-refractivity contribution in [2.45, 2.75) is 0 Å². The first-order valence-electron chi connectivity index (χ1n) is 5.98. The van der Waals surface area contributed by atoms with E-state index in [9.17, 15) is 0 Å². The first kappa shape index (κ1) is 14.0. The van der Waals surface area contributed by atoms with Crippen molar-refractivity contribution < 1.29 is 0 Å². The molecule has 3 aromatic rings. The third kappa shape index (κ3) is 2.63. The summed E-state index contributed by atoms with van der Waals surface area (Å²) in [7, 11) is 0. The summed E-state index contributed by atoms with van der Waals surface area (Å²) in [5.74, 6) is 6.46. The molecule has 106 valence electrons. The number of aromatic nitrogens is 3. The van der Waals surface area contributed by atoms with Crippen LogP contribution in [0.4, 0.5) is 17.3 Å². The number of fused-ring (bicyclic) bond motifs is 1. The van der Waals surface area contributed by atoms with Crippen LogP contribution in [0.1, 0.15) is 0 Å². The maximum Gasteiger partial charge on any atom is 0.159 e. The number of hydrogen-bond donors (Lipinski definition) is 3. The van der Waals surface area contributed by atoms with Crippen molar-refractivity contribution in [3.8, 4) is 0 Å². The van der Waals surface area contributed by atoms with Gasteiger partial charge < -0.3 is 10.7 Å². The number of rotatable bonds is 3. The number of nitrogens with two attached hydrogens (primary N) is 1. The van der Waals surface area contributed by atoms with Crippen LogP contribution >= 0.6 is 27.5 Å². The molecule has 1 aromatic carbocycles. The quantitative estimate of drug-likeness (QED) is 0.486. The maximum atomic E-state index is 6.18. The average molecular weight is 366 g/mol. The van der Waals surface area contributed by atoms with Gasteiger partial charge in [0.25, 0.3) is 0 Å². The molecule has 0 aliphatic rings. The Bertz CT molecular complexity index is 810. The van der Waals surface area contributed by atoms with E-state index in [1.807, 2.05) is 24.3 Å². The molecule has 0 saturated carbocycles. The normalized spacial score (nSPS) is 10.6. The summed E-state index contributed by atoms with van der Waals surface area (Å²) >= 11 is 9.58. The van der Waals surface area contributed by atoms with Crippen molar-refractivity contribution in [1.82, 2.24) is 15.0 Å². The highest BCUT2D eigenvalue weighted by molar-refractivity contribution is 9.10. The second-order valence-electron chi connectivity index (χ2n) is 4.15. The molecule has 0 saturated heterocycles. The minimum Gasteiger partial charge on any atom is -0.337 e. The van der Waals surface area contributed by atoms with Crippen LogP contribution in [0.5, 0.6) is 0 Å². The summed E-state index contributed by atoms with van der Waals surface area (Å²) in [5.41, 5.74) is 4.04. The number of nitrogens with zero attached hydrogens (tertiary/aromatic N) is 3. The lowest BCUT2D eigenvalue weighted by Crippen LogP contribution is -2.10. The Hall–Kier alpha value is -1.96. The predicted molar refractivity (Wildman–Crippen MR) is 87.6 cm³/mol. The molecule has 0 fully saturated rings. The summed E-state index contributed by atoms with van der Waals surface area (Å²) < 4.78 is 0.631. The summed E-state index contributed by atoms with van der Waals surface area (Å²) in [6.45, 7) is 0. The first-order chi connectivity index (χ1) is 10.2. The van der Waals surface area contributed by atoms with Gasteiger partial charge in [0.05, 0.1) is 16.2 Å². The number of hydrazine groups is 1. The van der Waals surface area contributed by atoms with Crippen LogP contribution in [-0.4, -0.2) is 15.0 Å². The zero-order valence-corrected chi connectivity index (χ0v) is 13.0. The lowest BCUT2D eigenvalue weighted by atomic mass is 10.2. The Balaban J connectivity index is 2.09. The van der Waals surface area contributed by atoms with E-state index in [0.717, 1.165) is 16.6 Å². The van der Waals surface area contributed by atoms with Crippen molar-refractivity contribution in [2.75, 3.05) is 10.7 Å². The van der Waals surface area contributed by atoms with Crippen molar-refractivity contribution in [2.24, 2.45) is 5.84 Å². The van der Waals surface area contributed by atoms with Crippen LogP contribution in [-0.2, 0) is 0 Å². The molecule has 0 aliphatic heterocycles. The zero-order valence-electron chi connectivity index (χ0n) is 10.6. The van der Waals surface area contributed by atoms with Gasteiger partial charge in [0.1, 0.15) is 16.6 Å². The van der Waals surface area contributed by atoms with Crippen LogP contribution in [0.25, 0.3) is 10.9 Å². The van der Waals surface area contributed by atoms with Crippen LogP contribution < -0.4 is 16.6 Å². The van der Waals surface area contributed by atoms with E-state index in [1.165, 1.54) is 6.33 Å². The number of anilines is 3. The fourth-order valence-corrected chi connectivity index (χ4v) is 2.56. The molecule has 21 heavy (non-hydrogen) atoms. The van der Waals surface area contributed by atoms with E-state index in [2.05, 4.69) is 41.6 Å². The Labute approximate surface area is 133 Å². The van der Waals surface area contributed by atoms with E-state index in [4.69, 9.17) is 17.4 Å². The van der Waals surface area contributed by atoms with Gasteiger partial charge in [-0.25, -0.2) is 15.8 Å². The third-order valence-corrected chi connectivity index (χ3v) is 3.98. The zero-order chi connectivity index (χ0) is 14.8. The highest BCUT2D eigenvalue weighted by Gasteiger charge is 2.11. The SMILES string of the molecule is NNc1ncnc(Nc2ccc(Cl)c3cccnc23)c1Br. The lowest BCUT2D eigenvalue weighted by molar-refractivity contribution is 1.12. The van der Waals surface area contributed by atoms with Crippen molar-refractivity contribution in [1.29, 1.82) is 0 Å². The maximum absolute atomic E-state index is 6.18. The van der Waals surface area contributed by atoms with E-state index >= 15 is 0 Å². The van der Waals surface area contributed by atoms with E-state index in [-0.39, 0.29) is 0 Å². The molecule has 0 spiro atoms. The number of nitrogen functional groups attached to an aromatic ring is 1. The number of nitrogens with one attached hydrogen (secondary N) is 2. The van der Waals surface area contributed by atoms with Gasteiger partial charge in [0.15, 0.2) is 5.82 Å². The predicted octanol–water partition coefficient (Wildman–Crippen LogP) is 3.47. The molecule has 0 atom stereocenters. The molecule has 0 unspecified atom stereocenters. The molecule has 0 amide bonds. The van der Waals surface area contributed by atoms with Crippen molar-refractivity contribution >= 4 is 55.8 Å². The molecule has 3 rings (SSSR count). The monoisotopic (exact) mass is 364 g/mol. The first-order valence-corrected chi connectivity index (χ1v) is 7.15. The minimum atomic E-state index is 0.485. The highest BCUT2D eigenvalue weighted by Crippen LogP contribution is 2.33. The van der Waals surface area contributed by atoms with Gasteiger partial charge in [0.2, 0.25) is 0 Å². The van der Waals surface area contributed by atoms with Gasteiger partial charge in [0, 0.05) is 11.6 Å². The summed E-state index contributed by atoms with van der Waals surface area (Å²) in [5, 5.41) is 4.72. The number of benzene rings is 1. The molecule has 2 heterocycles. The summed E-state index contributed by atoms with van der Waals surface area (Å²) in [6.07, 6.45) is 3.12. The molecule has 4 N–H and O–H groups in total. The molecular formula is C13H10BrClN6. The second kappa shape index (κ2) is 5.80.